The molecule has 0 saturated heterocycles. The molecule has 166 valence electrons. The zero-order valence-corrected chi connectivity index (χ0v) is 17.5. The lowest BCUT2D eigenvalue weighted by molar-refractivity contribution is -0.191. The Bertz CT molecular complexity index is 1070. The van der Waals surface area contributed by atoms with E-state index in [4.69, 9.17) is 4.84 Å². The van der Waals surface area contributed by atoms with E-state index in [1.54, 1.807) is 6.07 Å². The number of pyridine rings is 1. The molecule has 2 N–H and O–H groups in total. The van der Waals surface area contributed by atoms with Gasteiger partial charge in [-0.1, -0.05) is 0 Å². The molecule has 0 saturated carbocycles. The highest BCUT2D eigenvalue weighted by molar-refractivity contribution is 14.2. The van der Waals surface area contributed by atoms with Gasteiger partial charge in [0.2, 0.25) is 5.90 Å². The molecule has 14 heteroatoms. The predicted octanol–water partition coefficient (Wildman–Crippen LogP) is 5.54. The first-order valence-electron chi connectivity index (χ1n) is 8.57. The van der Waals surface area contributed by atoms with E-state index in [2.05, 4.69) is 26.9 Å². The molecule has 0 radical (unpaired) electrons. The largest absolute Gasteiger partial charge is 0.481 e. The van der Waals surface area contributed by atoms with Crippen LogP contribution in [0, 0.1) is 0 Å². The second-order valence-corrected chi connectivity index (χ2v) is 7.97. The molecule has 2 unspecified atom stereocenters. The number of hydroxylamine groups is 1. The van der Waals surface area contributed by atoms with E-state index in [9.17, 15) is 26.3 Å². The molecule has 31 heavy (non-hydrogen) atoms. The average Bonchev–Trinajstić information content (AvgIpc) is 3.35. The SMILES string of the molecule is CC(Oc1ccc(C2=NC(c3cnc4c(c3)NI=N4)NO2)cc1C(F)(F)F)C(F)(F)F. The Hall–Kier alpha value is -2.49. The smallest absolute Gasteiger partial charge is 0.425 e. The van der Waals surface area contributed by atoms with Crippen molar-refractivity contribution in [2.24, 2.45) is 8.14 Å². The molecule has 2 atom stereocenters. The number of anilines is 1. The van der Waals surface area contributed by atoms with Crippen molar-refractivity contribution in [3.8, 4) is 5.75 Å². The van der Waals surface area contributed by atoms with Crippen LogP contribution in [0.25, 0.3) is 0 Å². The molecule has 4 rings (SSSR count). The number of nitrogens with one attached hydrogen (secondary N) is 2. The Kier molecular flexibility index (Phi) is 5.53. The number of nitrogens with zero attached hydrogens (tertiary/aromatic N) is 3. The quantitative estimate of drug-likeness (QED) is 0.293. The second kappa shape index (κ2) is 7.89. The highest BCUT2D eigenvalue weighted by Crippen LogP contribution is 2.40. The van der Waals surface area contributed by atoms with Crippen LogP contribution in [0.4, 0.5) is 37.8 Å². The van der Waals surface area contributed by atoms with Gasteiger partial charge in [0.1, 0.15) is 27.1 Å². The zero-order chi connectivity index (χ0) is 22.4. The van der Waals surface area contributed by atoms with Gasteiger partial charge in [0, 0.05) is 17.3 Å². The summed E-state index contributed by atoms with van der Waals surface area (Å²) in [6.07, 6.45) is -11.4. The highest BCUT2D eigenvalue weighted by Gasteiger charge is 2.41. The average molecular weight is 559 g/mol. The number of ether oxygens (including phenoxy) is 1. The van der Waals surface area contributed by atoms with Crippen LogP contribution in [0.1, 0.15) is 29.8 Å². The van der Waals surface area contributed by atoms with Gasteiger partial charge < -0.3 is 13.1 Å². The van der Waals surface area contributed by atoms with E-state index in [0.717, 1.165) is 17.8 Å². The summed E-state index contributed by atoms with van der Waals surface area (Å²) in [6.45, 7) is 0.626. The number of aliphatic imine (C=N–C) groups is 1. The topological polar surface area (TPSA) is 80.1 Å². The summed E-state index contributed by atoms with van der Waals surface area (Å²) in [6, 6.07) is 4.34. The summed E-state index contributed by atoms with van der Waals surface area (Å²) in [5.41, 5.74) is 2.46. The minimum absolute atomic E-state index is 0.0811. The number of benzene rings is 1. The van der Waals surface area contributed by atoms with Crippen molar-refractivity contribution in [2.45, 2.75) is 31.5 Å². The third-order valence-corrected chi connectivity index (χ3v) is 5.80. The van der Waals surface area contributed by atoms with Gasteiger partial charge in [-0.2, -0.15) is 29.5 Å². The molecular weight excluding hydrogens is 547 g/mol. The Morgan fingerprint density at radius 2 is 1.94 bits per heavy atom. The maximum atomic E-state index is 13.5. The second-order valence-electron chi connectivity index (χ2n) is 6.47. The molecule has 2 aromatic rings. The van der Waals surface area contributed by atoms with Crippen LogP contribution in [-0.2, 0) is 11.0 Å². The lowest BCUT2D eigenvalue weighted by Crippen LogP contribution is -2.32. The molecule has 3 heterocycles. The molecule has 2 aliphatic heterocycles. The Morgan fingerprint density at radius 3 is 2.65 bits per heavy atom. The fourth-order valence-corrected chi connectivity index (χ4v) is 4.06. The molecule has 2 aliphatic rings. The van der Waals surface area contributed by atoms with Crippen molar-refractivity contribution in [2.75, 3.05) is 3.53 Å². The van der Waals surface area contributed by atoms with Crippen LogP contribution >= 0.6 is 21.3 Å². The first-order chi connectivity index (χ1) is 14.5. The number of hydrogen-bond acceptors (Lipinski definition) is 7. The first-order valence-corrected chi connectivity index (χ1v) is 10.6. The molecule has 1 aromatic carbocycles. The van der Waals surface area contributed by atoms with E-state index >= 15 is 0 Å². The third-order valence-electron chi connectivity index (χ3n) is 4.28. The highest BCUT2D eigenvalue weighted by atomic mass is 127. The number of alkyl halides is 6. The van der Waals surface area contributed by atoms with E-state index in [1.165, 1.54) is 6.20 Å². The first kappa shape index (κ1) is 21.7. The number of halogens is 7. The number of aromatic nitrogens is 1. The molecule has 0 fully saturated rings. The van der Waals surface area contributed by atoms with Gasteiger partial charge in [-0.05, 0) is 31.2 Å². The van der Waals surface area contributed by atoms with Crippen LogP contribution < -0.4 is 13.7 Å². The number of fused-ring (bicyclic) bond motifs is 1. The van der Waals surface area contributed by atoms with Crippen molar-refractivity contribution >= 4 is 38.7 Å². The Labute approximate surface area is 181 Å². The molecule has 1 aromatic heterocycles. The third kappa shape index (κ3) is 4.58. The molecule has 0 aliphatic carbocycles. The summed E-state index contributed by atoms with van der Waals surface area (Å²) in [7, 11) is 0. The summed E-state index contributed by atoms with van der Waals surface area (Å²) < 4.78 is 90.3. The van der Waals surface area contributed by atoms with E-state index < -0.39 is 57.2 Å². The van der Waals surface area contributed by atoms with Crippen LogP contribution in [0.3, 0.4) is 0 Å². The molecular formula is C17H12F6IN5O2. The summed E-state index contributed by atoms with van der Waals surface area (Å²) in [5, 5.41) is 0. The van der Waals surface area contributed by atoms with Gasteiger partial charge in [0.25, 0.3) is 0 Å². The zero-order valence-electron chi connectivity index (χ0n) is 15.3. The van der Waals surface area contributed by atoms with Crippen molar-refractivity contribution < 1.29 is 35.9 Å². The molecule has 0 amide bonds. The van der Waals surface area contributed by atoms with E-state index in [0.29, 0.717) is 24.4 Å². The van der Waals surface area contributed by atoms with Gasteiger partial charge in [-0.3, -0.25) is 0 Å². The Balaban J connectivity index is 1.61. The summed E-state index contributed by atoms with van der Waals surface area (Å²) in [5.74, 6) is -0.514. The van der Waals surface area contributed by atoms with Crippen molar-refractivity contribution in [3.63, 3.8) is 0 Å². The lowest BCUT2D eigenvalue weighted by Gasteiger charge is -2.21. The van der Waals surface area contributed by atoms with Crippen LogP contribution in [0.15, 0.2) is 38.6 Å². The number of hydrogen-bond donors (Lipinski definition) is 2. The van der Waals surface area contributed by atoms with Gasteiger partial charge >= 0.3 is 12.4 Å². The van der Waals surface area contributed by atoms with Gasteiger partial charge in [-0.15, -0.1) is 5.48 Å². The Morgan fingerprint density at radius 1 is 1.16 bits per heavy atom. The molecule has 0 spiro atoms. The van der Waals surface area contributed by atoms with Gasteiger partial charge in [0.05, 0.1) is 11.3 Å². The molecule has 7 nitrogen and oxygen atoms in total. The van der Waals surface area contributed by atoms with Gasteiger partial charge in [-0.25, -0.2) is 9.98 Å². The minimum atomic E-state index is -4.95. The fraction of sp³-hybridized carbons (Fsp3) is 0.294. The van der Waals surface area contributed by atoms with Crippen molar-refractivity contribution in [1.29, 1.82) is 0 Å². The standard InChI is InChI=1S/C17H12F6IN5O2/c1-7(16(18,19)20)30-12-3-2-8(4-10(12)17(21,22)23)15-26-13(29-31-15)9-5-11-14(25-6-9)28-24-27-11/h2-7,13,29H,1H3,(H,25,27,28). The molecule has 0 bridgehead atoms. The minimum Gasteiger partial charge on any atom is -0.481 e. The predicted molar refractivity (Wildman–Crippen MR) is 105 cm³/mol. The van der Waals surface area contributed by atoms with E-state index in [-0.39, 0.29) is 11.5 Å². The monoisotopic (exact) mass is 559 g/mol. The van der Waals surface area contributed by atoms with Crippen LogP contribution in [0.5, 0.6) is 5.75 Å². The van der Waals surface area contributed by atoms with Crippen LogP contribution in [-0.4, -0.2) is 23.2 Å². The lowest BCUT2D eigenvalue weighted by atomic mass is 10.1. The van der Waals surface area contributed by atoms with Crippen molar-refractivity contribution in [1.82, 2.24) is 10.5 Å². The summed E-state index contributed by atoms with van der Waals surface area (Å²) >= 11 is -0.556. The van der Waals surface area contributed by atoms with Gasteiger partial charge in [0.15, 0.2) is 18.1 Å². The maximum absolute atomic E-state index is 13.5. The van der Waals surface area contributed by atoms with Crippen molar-refractivity contribution in [3.05, 3.63) is 47.2 Å². The number of rotatable bonds is 4. The van der Waals surface area contributed by atoms with E-state index in [1.807, 2.05) is 0 Å². The fourth-order valence-electron chi connectivity index (χ4n) is 2.67. The normalized spacial score (nSPS) is 19.1. The summed E-state index contributed by atoms with van der Waals surface area (Å²) in [4.78, 5) is 13.6. The van der Waals surface area contributed by atoms with Crippen LogP contribution in [0.2, 0.25) is 0 Å². The maximum Gasteiger partial charge on any atom is 0.425 e.